The zero-order valence-electron chi connectivity index (χ0n) is 12.5. The number of methoxy groups -OCH3 is 1. The number of benzene rings is 2. The third-order valence-electron chi connectivity index (χ3n) is 3.55. The largest absolute Gasteiger partial charge is 0.497 e. The van der Waals surface area contributed by atoms with E-state index >= 15 is 0 Å². The van der Waals surface area contributed by atoms with Crippen LogP contribution in [0.25, 0.3) is 0 Å². The summed E-state index contributed by atoms with van der Waals surface area (Å²) in [5.74, 6) is 0.382. The Balaban J connectivity index is 1.60. The quantitative estimate of drug-likeness (QED) is 0.668. The number of rotatable bonds is 4. The number of aliphatic hydroxyl groups is 1. The normalized spacial score (nSPS) is 19.6. The number of ether oxygens (including phenoxy) is 1. The van der Waals surface area contributed by atoms with Crippen molar-refractivity contribution in [3.05, 3.63) is 59.7 Å². The maximum absolute atomic E-state index is 12.0. The number of hydrazone groups is 1. The lowest BCUT2D eigenvalue weighted by atomic mass is 10.1. The van der Waals surface area contributed by atoms with Crippen LogP contribution in [-0.4, -0.2) is 29.6 Å². The molecule has 5 nitrogen and oxygen atoms in total. The van der Waals surface area contributed by atoms with Gasteiger partial charge in [0, 0.05) is 16.7 Å². The van der Waals surface area contributed by atoms with E-state index < -0.39 is 6.10 Å². The van der Waals surface area contributed by atoms with Crippen LogP contribution in [0.4, 0.5) is 0 Å². The summed E-state index contributed by atoms with van der Waals surface area (Å²) in [6.45, 7) is 0. The number of carbonyl (C=O) groups excluding carboxylic acids is 1. The second-order valence-electron chi connectivity index (χ2n) is 5.01. The van der Waals surface area contributed by atoms with Crippen molar-refractivity contribution in [2.45, 2.75) is 16.2 Å². The summed E-state index contributed by atoms with van der Waals surface area (Å²) >= 11 is 1.53. The minimum absolute atomic E-state index is 0.205. The van der Waals surface area contributed by atoms with Crippen LogP contribution >= 0.6 is 11.8 Å². The first-order valence-electron chi connectivity index (χ1n) is 7.10. The number of nitrogens with zero attached hydrogens (tertiary/aromatic N) is 1. The molecule has 1 aliphatic rings. The predicted octanol–water partition coefficient (Wildman–Crippen LogP) is 2.62. The Morgan fingerprint density at radius 3 is 2.70 bits per heavy atom. The van der Waals surface area contributed by atoms with Gasteiger partial charge in [-0.2, -0.15) is 5.10 Å². The lowest BCUT2D eigenvalue weighted by Gasteiger charge is -2.08. The first-order valence-corrected chi connectivity index (χ1v) is 7.98. The maximum atomic E-state index is 12.0. The highest BCUT2D eigenvalue weighted by Gasteiger charge is 2.30. The van der Waals surface area contributed by atoms with E-state index in [1.807, 2.05) is 24.3 Å². The fraction of sp³-hybridized carbons (Fsp3) is 0.176. The molecule has 0 fully saturated rings. The molecule has 0 bridgehead atoms. The molecule has 0 saturated heterocycles. The molecule has 2 aromatic rings. The summed E-state index contributed by atoms with van der Waals surface area (Å²) in [7, 11) is 1.57. The van der Waals surface area contributed by atoms with Gasteiger partial charge in [0.1, 0.15) is 5.75 Å². The number of carbonyl (C=O) groups is 1. The van der Waals surface area contributed by atoms with E-state index in [2.05, 4.69) is 10.5 Å². The summed E-state index contributed by atoms with van der Waals surface area (Å²) in [5, 5.41) is 14.0. The van der Waals surface area contributed by atoms with Gasteiger partial charge in [-0.25, -0.2) is 5.43 Å². The molecule has 2 atom stereocenters. The lowest BCUT2D eigenvalue weighted by Crippen LogP contribution is -2.20. The standard InChI is InChI=1S/C17H16N2O3S/c1-22-12-8-6-11(7-9-12)17(21)19-18-10-15-16(20)13-4-2-3-5-14(13)23-15/h2-10,15-16,20H,1H3,(H,19,21)/b18-10+. The van der Waals surface area contributed by atoms with Crippen molar-refractivity contribution in [1.82, 2.24) is 5.43 Å². The molecule has 0 spiro atoms. The van der Waals surface area contributed by atoms with E-state index in [-0.39, 0.29) is 11.2 Å². The Morgan fingerprint density at radius 1 is 1.26 bits per heavy atom. The fourth-order valence-corrected chi connectivity index (χ4v) is 3.48. The number of nitrogens with one attached hydrogen (secondary N) is 1. The van der Waals surface area contributed by atoms with Crippen molar-refractivity contribution in [1.29, 1.82) is 0 Å². The van der Waals surface area contributed by atoms with Crippen LogP contribution in [0.1, 0.15) is 22.0 Å². The van der Waals surface area contributed by atoms with Crippen molar-refractivity contribution < 1.29 is 14.6 Å². The average Bonchev–Trinajstić information content (AvgIpc) is 2.91. The van der Waals surface area contributed by atoms with E-state index in [4.69, 9.17) is 4.74 Å². The molecule has 1 heterocycles. The van der Waals surface area contributed by atoms with Gasteiger partial charge in [-0.1, -0.05) is 18.2 Å². The summed E-state index contributed by atoms with van der Waals surface area (Å²) in [4.78, 5) is 13.0. The Morgan fingerprint density at radius 2 is 2.00 bits per heavy atom. The van der Waals surface area contributed by atoms with Crippen LogP contribution in [0, 0.1) is 0 Å². The van der Waals surface area contributed by atoms with Gasteiger partial charge in [-0.05, 0) is 35.9 Å². The lowest BCUT2D eigenvalue weighted by molar-refractivity contribution is 0.0954. The number of aliphatic hydroxyl groups excluding tert-OH is 1. The van der Waals surface area contributed by atoms with Crippen LogP contribution in [0.3, 0.4) is 0 Å². The minimum atomic E-state index is -0.613. The van der Waals surface area contributed by atoms with Crippen LogP contribution in [0.15, 0.2) is 58.5 Å². The van der Waals surface area contributed by atoms with Crippen LogP contribution in [0.2, 0.25) is 0 Å². The van der Waals surface area contributed by atoms with Gasteiger partial charge in [0.25, 0.3) is 5.91 Å². The third-order valence-corrected chi connectivity index (χ3v) is 4.83. The SMILES string of the molecule is COc1ccc(C(=O)N/N=C/C2Sc3ccccc3C2O)cc1. The molecule has 118 valence electrons. The fourth-order valence-electron chi connectivity index (χ4n) is 2.31. The molecular formula is C17H16N2O3S. The van der Waals surface area contributed by atoms with Gasteiger partial charge in [0.15, 0.2) is 0 Å². The molecule has 2 unspecified atom stereocenters. The number of hydrogen-bond donors (Lipinski definition) is 2. The second-order valence-corrected chi connectivity index (χ2v) is 6.23. The molecule has 1 amide bonds. The highest BCUT2D eigenvalue weighted by atomic mass is 32.2. The molecule has 23 heavy (non-hydrogen) atoms. The van der Waals surface area contributed by atoms with Crippen molar-refractivity contribution >= 4 is 23.9 Å². The topological polar surface area (TPSA) is 70.9 Å². The molecule has 1 aliphatic heterocycles. The highest BCUT2D eigenvalue weighted by molar-refractivity contribution is 8.01. The van der Waals surface area contributed by atoms with Gasteiger partial charge in [0.2, 0.25) is 0 Å². The molecule has 0 aliphatic carbocycles. The van der Waals surface area contributed by atoms with E-state index in [9.17, 15) is 9.90 Å². The Bertz CT molecular complexity index is 731. The van der Waals surface area contributed by atoms with Crippen molar-refractivity contribution in [3.8, 4) is 5.75 Å². The molecule has 3 rings (SSSR count). The number of amides is 1. The first kappa shape index (κ1) is 15.6. The molecule has 2 N–H and O–H groups in total. The van der Waals surface area contributed by atoms with Gasteiger partial charge >= 0.3 is 0 Å². The van der Waals surface area contributed by atoms with Crippen LogP contribution < -0.4 is 10.2 Å². The van der Waals surface area contributed by atoms with Crippen molar-refractivity contribution in [2.75, 3.05) is 7.11 Å². The smallest absolute Gasteiger partial charge is 0.271 e. The number of thioether (sulfide) groups is 1. The zero-order valence-corrected chi connectivity index (χ0v) is 13.3. The summed E-state index contributed by atoms with van der Waals surface area (Å²) in [6.07, 6.45) is 0.953. The molecular weight excluding hydrogens is 312 g/mol. The van der Waals surface area contributed by atoms with E-state index in [1.165, 1.54) is 11.8 Å². The number of fused-ring (bicyclic) bond motifs is 1. The van der Waals surface area contributed by atoms with E-state index in [0.29, 0.717) is 11.3 Å². The van der Waals surface area contributed by atoms with E-state index in [0.717, 1.165) is 10.5 Å². The highest BCUT2D eigenvalue weighted by Crippen LogP contribution is 2.42. The van der Waals surface area contributed by atoms with Crippen molar-refractivity contribution in [2.24, 2.45) is 5.10 Å². The van der Waals surface area contributed by atoms with Gasteiger partial charge in [-0.3, -0.25) is 4.79 Å². The van der Waals surface area contributed by atoms with E-state index in [1.54, 1.807) is 37.6 Å². The summed E-state index contributed by atoms with van der Waals surface area (Å²) in [6, 6.07) is 14.5. The average molecular weight is 328 g/mol. The second kappa shape index (κ2) is 6.85. The Kier molecular flexibility index (Phi) is 4.64. The predicted molar refractivity (Wildman–Crippen MR) is 90.0 cm³/mol. The van der Waals surface area contributed by atoms with Crippen LogP contribution in [0.5, 0.6) is 5.75 Å². The Hall–Kier alpha value is -2.31. The van der Waals surface area contributed by atoms with Gasteiger partial charge in [0.05, 0.1) is 18.5 Å². The van der Waals surface area contributed by atoms with Gasteiger partial charge in [-0.15, -0.1) is 11.8 Å². The summed E-state index contributed by atoms with van der Waals surface area (Å²) < 4.78 is 5.05. The third kappa shape index (κ3) is 3.38. The molecule has 2 aromatic carbocycles. The molecule has 0 aromatic heterocycles. The minimum Gasteiger partial charge on any atom is -0.497 e. The summed E-state index contributed by atoms with van der Waals surface area (Å²) in [5.41, 5.74) is 3.87. The Labute approximate surface area is 138 Å². The molecule has 6 heteroatoms. The maximum Gasteiger partial charge on any atom is 0.271 e. The number of hydrogen-bond acceptors (Lipinski definition) is 5. The van der Waals surface area contributed by atoms with Crippen molar-refractivity contribution in [3.63, 3.8) is 0 Å². The van der Waals surface area contributed by atoms with Crippen LogP contribution in [-0.2, 0) is 0 Å². The zero-order chi connectivity index (χ0) is 16.2. The monoisotopic (exact) mass is 328 g/mol. The van der Waals surface area contributed by atoms with Gasteiger partial charge < -0.3 is 9.84 Å². The first-order chi connectivity index (χ1) is 11.2. The molecule has 0 radical (unpaired) electrons. The molecule has 0 saturated carbocycles.